The lowest BCUT2D eigenvalue weighted by molar-refractivity contribution is 0.0754. The number of benzene rings is 1. The predicted octanol–water partition coefficient (Wildman–Crippen LogP) is 4.31. The number of amides is 1. The number of hydrogen-bond acceptors (Lipinski definition) is 7. The number of rotatable bonds is 5. The highest BCUT2D eigenvalue weighted by Crippen LogP contribution is 2.44. The number of likely N-dealkylation sites (tertiary alicyclic amines) is 1. The van der Waals surface area contributed by atoms with Gasteiger partial charge in [0, 0.05) is 44.2 Å². The van der Waals surface area contributed by atoms with Crippen LogP contribution in [0.4, 0.5) is 0 Å². The van der Waals surface area contributed by atoms with Gasteiger partial charge in [0.05, 0.1) is 21.1 Å². The molecule has 0 atom stereocenters. The van der Waals surface area contributed by atoms with Gasteiger partial charge >= 0.3 is 0 Å². The summed E-state index contributed by atoms with van der Waals surface area (Å²) >= 11 is 3.02. The Labute approximate surface area is 214 Å². The number of thioether (sulfide) groups is 1. The highest BCUT2D eigenvalue weighted by Gasteiger charge is 2.45. The molecule has 1 spiro atoms. The molecular formula is C25H30N2O5S3. The van der Waals surface area contributed by atoms with Crippen LogP contribution >= 0.6 is 23.1 Å². The van der Waals surface area contributed by atoms with Crippen LogP contribution in [0.15, 0.2) is 33.4 Å². The van der Waals surface area contributed by atoms with Crippen LogP contribution in [0.1, 0.15) is 57.7 Å². The van der Waals surface area contributed by atoms with E-state index in [0.717, 1.165) is 52.3 Å². The summed E-state index contributed by atoms with van der Waals surface area (Å²) in [6.07, 6.45) is 6.46. The van der Waals surface area contributed by atoms with Crippen molar-refractivity contribution in [2.45, 2.75) is 47.6 Å². The summed E-state index contributed by atoms with van der Waals surface area (Å²) in [6.45, 7) is 2.22. The Kier molecular flexibility index (Phi) is 6.76. The van der Waals surface area contributed by atoms with Gasteiger partial charge in [0.1, 0.15) is 5.75 Å². The first-order chi connectivity index (χ1) is 16.8. The number of piperidine rings is 1. The summed E-state index contributed by atoms with van der Waals surface area (Å²) in [6, 6.07) is 6.59. The van der Waals surface area contributed by atoms with Gasteiger partial charge in [-0.2, -0.15) is 4.31 Å². The van der Waals surface area contributed by atoms with E-state index in [0.29, 0.717) is 38.3 Å². The first-order valence-corrected chi connectivity index (χ1v) is 15.4. The van der Waals surface area contributed by atoms with Gasteiger partial charge in [-0.15, -0.1) is 23.1 Å². The lowest BCUT2D eigenvalue weighted by atomic mass is 9.78. The van der Waals surface area contributed by atoms with Gasteiger partial charge < -0.3 is 9.64 Å². The molecule has 0 radical (unpaired) electrons. The zero-order valence-electron chi connectivity index (χ0n) is 20.0. The van der Waals surface area contributed by atoms with Crippen molar-refractivity contribution in [3.63, 3.8) is 0 Å². The summed E-state index contributed by atoms with van der Waals surface area (Å²) in [5, 5.41) is 0. The zero-order chi connectivity index (χ0) is 24.8. The number of nitrogens with zero attached hydrogens (tertiary/aromatic N) is 2. The van der Waals surface area contributed by atoms with E-state index in [1.165, 1.54) is 18.4 Å². The highest BCUT2D eigenvalue weighted by molar-refractivity contribution is 8.00. The summed E-state index contributed by atoms with van der Waals surface area (Å²) in [5.41, 5.74) is 1.67. The molecule has 35 heavy (non-hydrogen) atoms. The van der Waals surface area contributed by atoms with Crippen LogP contribution in [0.2, 0.25) is 0 Å². The van der Waals surface area contributed by atoms with Crippen LogP contribution in [0.5, 0.6) is 5.75 Å². The van der Waals surface area contributed by atoms with Gasteiger partial charge in [-0.3, -0.25) is 9.59 Å². The summed E-state index contributed by atoms with van der Waals surface area (Å²) < 4.78 is 34.1. The number of carbonyl (C=O) groups excluding carboxylic acids is 2. The third kappa shape index (κ3) is 4.43. The lowest BCUT2D eigenvalue weighted by Crippen LogP contribution is -2.44. The van der Waals surface area contributed by atoms with Crippen LogP contribution in [-0.4, -0.2) is 68.9 Å². The minimum atomic E-state index is -3.59. The van der Waals surface area contributed by atoms with Crippen molar-refractivity contribution in [3.8, 4) is 5.75 Å². The third-order valence-electron chi connectivity index (χ3n) is 7.65. The average Bonchev–Trinajstić information content (AvgIpc) is 3.46. The van der Waals surface area contributed by atoms with Crippen molar-refractivity contribution in [3.05, 3.63) is 40.3 Å². The molecule has 1 aliphatic carbocycles. The second-order valence-electron chi connectivity index (χ2n) is 9.61. The summed E-state index contributed by atoms with van der Waals surface area (Å²) in [5.74, 6) is 0.713. The maximum atomic E-state index is 13.5. The number of fused-ring (bicyclic) bond motifs is 1. The number of carbonyl (C=O) groups is 2. The van der Waals surface area contributed by atoms with E-state index in [9.17, 15) is 18.0 Å². The van der Waals surface area contributed by atoms with Crippen molar-refractivity contribution < 1.29 is 22.7 Å². The molecule has 10 heteroatoms. The van der Waals surface area contributed by atoms with Crippen LogP contribution in [0.3, 0.4) is 0 Å². The fraction of sp³-hybridized carbons (Fsp3) is 0.520. The first-order valence-electron chi connectivity index (χ1n) is 11.9. The van der Waals surface area contributed by atoms with Gasteiger partial charge in [-0.05, 0) is 61.5 Å². The van der Waals surface area contributed by atoms with Gasteiger partial charge in [0.25, 0.3) is 5.91 Å². The van der Waals surface area contributed by atoms with Gasteiger partial charge in [-0.25, -0.2) is 8.42 Å². The molecule has 7 nitrogen and oxygen atoms in total. The van der Waals surface area contributed by atoms with Crippen LogP contribution in [0, 0.1) is 5.41 Å². The van der Waals surface area contributed by atoms with Crippen LogP contribution in [0.25, 0.3) is 0 Å². The second-order valence-corrected chi connectivity index (χ2v) is 13.6. The van der Waals surface area contributed by atoms with E-state index in [1.54, 1.807) is 40.3 Å². The maximum absolute atomic E-state index is 13.5. The standard InChI is InChI=1S/C25H30N2O5S3/c1-32-17-5-3-6-18(15-17)35(30,31)27-13-10-25(11-14-27)9-12-26(16-25)23(29)22-19-7-4-8-20(28)21(19)24(33-2)34-22/h3,5-6,15H,4,7-14,16H2,1-2H3. The Hall–Kier alpha value is -1.88. The topological polar surface area (TPSA) is 84.0 Å². The molecular weight excluding hydrogens is 504 g/mol. The Morgan fingerprint density at radius 2 is 1.89 bits per heavy atom. The molecule has 3 aliphatic rings. The zero-order valence-corrected chi connectivity index (χ0v) is 22.5. The SMILES string of the molecule is COc1cccc(S(=O)(=O)N2CCC3(CCN(C(=O)c4sc(SC)c5c4CCCC5=O)C3)CC2)c1. The molecule has 2 aromatic rings. The minimum absolute atomic E-state index is 0.0320. The molecule has 5 rings (SSSR count). The molecule has 3 heterocycles. The summed E-state index contributed by atoms with van der Waals surface area (Å²) in [7, 11) is -2.07. The van der Waals surface area contributed by atoms with Crippen molar-refractivity contribution in [2.75, 3.05) is 39.5 Å². The number of ether oxygens (including phenoxy) is 1. The molecule has 0 unspecified atom stereocenters. The van der Waals surface area contributed by atoms with E-state index in [2.05, 4.69) is 0 Å². The number of methoxy groups -OCH3 is 1. The molecule has 2 fully saturated rings. The second kappa shape index (κ2) is 9.53. The van der Waals surface area contributed by atoms with Crippen molar-refractivity contribution >= 4 is 44.8 Å². The van der Waals surface area contributed by atoms with Gasteiger partial charge in [0.15, 0.2) is 5.78 Å². The fourth-order valence-electron chi connectivity index (χ4n) is 5.60. The van der Waals surface area contributed by atoms with Crippen molar-refractivity contribution in [1.82, 2.24) is 9.21 Å². The average molecular weight is 535 g/mol. The van der Waals surface area contributed by atoms with Crippen molar-refractivity contribution in [1.29, 1.82) is 0 Å². The third-order valence-corrected chi connectivity index (χ3v) is 11.9. The van der Waals surface area contributed by atoms with Gasteiger partial charge in [-0.1, -0.05) is 6.07 Å². The number of ketones is 1. The molecule has 1 aromatic carbocycles. The number of thiophene rings is 1. The van der Waals surface area contributed by atoms with Crippen LogP contribution in [-0.2, 0) is 16.4 Å². The van der Waals surface area contributed by atoms with E-state index < -0.39 is 10.0 Å². The Morgan fingerprint density at radius 3 is 2.60 bits per heavy atom. The normalized spacial score (nSPS) is 20.3. The van der Waals surface area contributed by atoms with Crippen molar-refractivity contribution in [2.24, 2.45) is 5.41 Å². The number of Topliss-reactive ketones (excluding diaryl/α,β-unsaturated/α-hetero) is 1. The monoisotopic (exact) mass is 534 g/mol. The van der Waals surface area contributed by atoms with Crippen LogP contribution < -0.4 is 4.74 Å². The van der Waals surface area contributed by atoms with E-state index in [-0.39, 0.29) is 22.0 Å². The molecule has 1 aromatic heterocycles. The quantitative estimate of drug-likeness (QED) is 0.532. The number of hydrogen-bond donors (Lipinski definition) is 0. The molecule has 0 bridgehead atoms. The molecule has 188 valence electrons. The smallest absolute Gasteiger partial charge is 0.264 e. The fourth-order valence-corrected chi connectivity index (χ4v) is 9.17. The summed E-state index contributed by atoms with van der Waals surface area (Å²) in [4.78, 5) is 29.0. The Balaban J connectivity index is 1.28. The predicted molar refractivity (Wildman–Crippen MR) is 137 cm³/mol. The van der Waals surface area contributed by atoms with E-state index >= 15 is 0 Å². The molecule has 0 N–H and O–H groups in total. The largest absolute Gasteiger partial charge is 0.497 e. The van der Waals surface area contributed by atoms with Gasteiger partial charge in [0.2, 0.25) is 10.0 Å². The maximum Gasteiger partial charge on any atom is 0.264 e. The lowest BCUT2D eigenvalue weighted by Gasteiger charge is -2.38. The van der Waals surface area contributed by atoms with E-state index in [4.69, 9.17) is 4.74 Å². The Bertz CT molecular complexity index is 1260. The first kappa shape index (κ1) is 24.8. The molecule has 1 amide bonds. The Morgan fingerprint density at radius 1 is 1.14 bits per heavy atom. The molecule has 2 aliphatic heterocycles. The molecule has 0 saturated carbocycles. The minimum Gasteiger partial charge on any atom is -0.497 e. The number of sulfonamides is 1. The highest BCUT2D eigenvalue weighted by atomic mass is 32.2. The van der Waals surface area contributed by atoms with E-state index in [1.807, 2.05) is 11.2 Å². The molecule has 2 saturated heterocycles.